The van der Waals surface area contributed by atoms with Crippen LogP contribution in [0.5, 0.6) is 5.75 Å². The predicted octanol–water partition coefficient (Wildman–Crippen LogP) is 4.99. The fourth-order valence-corrected chi connectivity index (χ4v) is 3.86. The molecule has 31 heavy (non-hydrogen) atoms. The van der Waals surface area contributed by atoms with Crippen LogP contribution in [0.4, 0.5) is 0 Å². The quantitative estimate of drug-likeness (QED) is 0.569. The third-order valence-corrected chi connectivity index (χ3v) is 6.00. The van der Waals surface area contributed by atoms with Crippen molar-refractivity contribution >= 4 is 27.7 Å². The van der Waals surface area contributed by atoms with Gasteiger partial charge in [0.2, 0.25) is 5.91 Å². The van der Waals surface area contributed by atoms with E-state index in [0.717, 1.165) is 15.6 Å². The molecular formula is C25H33BrN2O3. The lowest BCUT2D eigenvalue weighted by atomic mass is 9.87. The van der Waals surface area contributed by atoms with Gasteiger partial charge in [0.25, 0.3) is 5.91 Å². The van der Waals surface area contributed by atoms with Crippen molar-refractivity contribution in [3.8, 4) is 5.75 Å². The zero-order valence-corrected chi connectivity index (χ0v) is 20.9. The number of carbonyl (C=O) groups is 2. The molecule has 168 valence electrons. The van der Waals surface area contributed by atoms with E-state index in [-0.39, 0.29) is 23.8 Å². The molecule has 2 aromatic rings. The molecule has 0 saturated heterocycles. The first-order valence-electron chi connectivity index (χ1n) is 10.6. The standard InChI is InChI=1S/C25H33BrN2O3/c1-7-21(24(30)27-6)28(15-18-11-9-8-10-17(18)2)23(29)16-31-22-13-12-19(14-20(22)26)25(3,4)5/h8-14,21H,7,15-16H2,1-6H3,(H,27,30)/t21-/m0/s1. The maximum absolute atomic E-state index is 13.2. The van der Waals surface area contributed by atoms with Gasteiger partial charge in [-0.05, 0) is 63.5 Å². The number of halogens is 1. The predicted molar refractivity (Wildman–Crippen MR) is 128 cm³/mol. The highest BCUT2D eigenvalue weighted by Gasteiger charge is 2.28. The van der Waals surface area contributed by atoms with E-state index in [0.29, 0.717) is 18.7 Å². The minimum absolute atomic E-state index is 0.0169. The van der Waals surface area contributed by atoms with Crippen LogP contribution in [-0.4, -0.2) is 36.4 Å². The number of rotatable bonds is 8. The van der Waals surface area contributed by atoms with E-state index in [1.54, 1.807) is 11.9 Å². The van der Waals surface area contributed by atoms with Gasteiger partial charge in [-0.2, -0.15) is 0 Å². The minimum atomic E-state index is -0.563. The molecule has 0 aliphatic rings. The van der Waals surface area contributed by atoms with Gasteiger partial charge in [-0.25, -0.2) is 0 Å². The molecule has 5 nitrogen and oxygen atoms in total. The molecule has 1 atom stereocenters. The summed E-state index contributed by atoms with van der Waals surface area (Å²) >= 11 is 3.55. The largest absolute Gasteiger partial charge is 0.483 e. The maximum atomic E-state index is 13.2. The van der Waals surface area contributed by atoms with Gasteiger partial charge in [-0.3, -0.25) is 9.59 Å². The van der Waals surface area contributed by atoms with Gasteiger partial charge in [-0.1, -0.05) is 58.0 Å². The summed E-state index contributed by atoms with van der Waals surface area (Å²) in [6.45, 7) is 10.5. The van der Waals surface area contributed by atoms with E-state index in [1.807, 2.05) is 56.3 Å². The third kappa shape index (κ3) is 6.57. The smallest absolute Gasteiger partial charge is 0.261 e. The van der Waals surface area contributed by atoms with E-state index in [9.17, 15) is 9.59 Å². The summed E-state index contributed by atoms with van der Waals surface area (Å²) in [6.07, 6.45) is 0.515. The molecule has 0 aromatic heterocycles. The zero-order chi connectivity index (χ0) is 23.2. The van der Waals surface area contributed by atoms with Crippen molar-refractivity contribution in [1.82, 2.24) is 10.2 Å². The molecule has 0 unspecified atom stereocenters. The average molecular weight is 489 g/mol. The normalized spacial score (nSPS) is 12.2. The van der Waals surface area contributed by atoms with Crippen molar-refractivity contribution in [2.24, 2.45) is 0 Å². The van der Waals surface area contributed by atoms with Crippen LogP contribution >= 0.6 is 15.9 Å². The first kappa shape index (κ1) is 24.9. The summed E-state index contributed by atoms with van der Waals surface area (Å²) in [5, 5.41) is 2.67. The molecule has 0 saturated carbocycles. The summed E-state index contributed by atoms with van der Waals surface area (Å²) in [4.78, 5) is 27.3. The Morgan fingerprint density at radius 2 is 1.84 bits per heavy atom. The summed E-state index contributed by atoms with van der Waals surface area (Å²) < 4.78 is 6.66. The van der Waals surface area contributed by atoms with Crippen LogP contribution in [0.1, 0.15) is 50.8 Å². The van der Waals surface area contributed by atoms with Gasteiger partial charge >= 0.3 is 0 Å². The molecular weight excluding hydrogens is 456 g/mol. The molecule has 0 aliphatic heterocycles. The van der Waals surface area contributed by atoms with Crippen LogP contribution in [0.15, 0.2) is 46.9 Å². The molecule has 0 bridgehead atoms. The Labute approximate surface area is 194 Å². The molecule has 2 rings (SSSR count). The van der Waals surface area contributed by atoms with Gasteiger partial charge in [0.1, 0.15) is 11.8 Å². The SMILES string of the molecule is CC[C@@H](C(=O)NC)N(Cc1ccccc1C)C(=O)COc1ccc(C(C)(C)C)cc1Br. The summed E-state index contributed by atoms with van der Waals surface area (Å²) in [5.74, 6) is 0.191. The van der Waals surface area contributed by atoms with Gasteiger partial charge < -0.3 is 15.0 Å². The van der Waals surface area contributed by atoms with Crippen LogP contribution in [0.3, 0.4) is 0 Å². The number of hydrogen-bond acceptors (Lipinski definition) is 3. The second-order valence-corrected chi connectivity index (χ2v) is 9.52. The second-order valence-electron chi connectivity index (χ2n) is 8.67. The van der Waals surface area contributed by atoms with Gasteiger partial charge in [0.15, 0.2) is 6.61 Å². The third-order valence-electron chi connectivity index (χ3n) is 5.38. The van der Waals surface area contributed by atoms with Crippen LogP contribution in [0.2, 0.25) is 0 Å². The molecule has 0 radical (unpaired) electrons. The fraction of sp³-hybridized carbons (Fsp3) is 0.440. The average Bonchev–Trinajstić information content (AvgIpc) is 2.72. The topological polar surface area (TPSA) is 58.6 Å². The van der Waals surface area contributed by atoms with Crippen LogP contribution in [-0.2, 0) is 21.5 Å². The molecule has 2 amide bonds. The van der Waals surface area contributed by atoms with Gasteiger partial charge in [0, 0.05) is 13.6 Å². The number of aryl methyl sites for hydroxylation is 1. The number of ether oxygens (including phenoxy) is 1. The van der Waals surface area contributed by atoms with Crippen LogP contribution in [0, 0.1) is 6.92 Å². The Hall–Kier alpha value is -2.34. The first-order valence-corrected chi connectivity index (χ1v) is 11.4. The molecule has 0 aliphatic carbocycles. The van der Waals surface area contributed by atoms with Gasteiger partial charge in [-0.15, -0.1) is 0 Å². The molecule has 0 fully saturated rings. The number of nitrogens with zero attached hydrogens (tertiary/aromatic N) is 1. The Kier molecular flexibility index (Phi) is 8.69. The number of likely N-dealkylation sites (N-methyl/N-ethyl adjacent to an activating group) is 1. The monoisotopic (exact) mass is 488 g/mol. The lowest BCUT2D eigenvalue weighted by Gasteiger charge is -2.30. The Bertz CT molecular complexity index is 921. The van der Waals surface area contributed by atoms with Crippen molar-refractivity contribution in [2.75, 3.05) is 13.7 Å². The minimum Gasteiger partial charge on any atom is -0.483 e. The second kappa shape index (κ2) is 10.8. The van der Waals surface area contributed by atoms with Crippen molar-refractivity contribution in [3.63, 3.8) is 0 Å². The van der Waals surface area contributed by atoms with E-state index < -0.39 is 6.04 Å². The zero-order valence-electron chi connectivity index (χ0n) is 19.3. The van der Waals surface area contributed by atoms with E-state index in [4.69, 9.17) is 4.74 Å². The van der Waals surface area contributed by atoms with Gasteiger partial charge in [0.05, 0.1) is 4.47 Å². The van der Waals surface area contributed by atoms with E-state index in [2.05, 4.69) is 42.0 Å². The highest BCUT2D eigenvalue weighted by atomic mass is 79.9. The Morgan fingerprint density at radius 3 is 2.39 bits per heavy atom. The molecule has 0 heterocycles. The molecule has 1 N–H and O–H groups in total. The maximum Gasteiger partial charge on any atom is 0.261 e. The number of benzene rings is 2. The Morgan fingerprint density at radius 1 is 1.16 bits per heavy atom. The number of hydrogen-bond donors (Lipinski definition) is 1. The van der Waals surface area contributed by atoms with Crippen molar-refractivity contribution in [1.29, 1.82) is 0 Å². The summed E-state index contributed by atoms with van der Waals surface area (Å²) in [6, 6.07) is 13.2. The molecule has 0 spiro atoms. The lowest BCUT2D eigenvalue weighted by Crippen LogP contribution is -2.49. The van der Waals surface area contributed by atoms with Crippen molar-refractivity contribution < 1.29 is 14.3 Å². The van der Waals surface area contributed by atoms with Crippen LogP contribution in [0.25, 0.3) is 0 Å². The van der Waals surface area contributed by atoms with E-state index in [1.165, 1.54) is 5.56 Å². The molecule has 2 aromatic carbocycles. The Balaban J connectivity index is 2.23. The van der Waals surface area contributed by atoms with E-state index >= 15 is 0 Å². The molecule has 6 heteroatoms. The lowest BCUT2D eigenvalue weighted by molar-refractivity contribution is -0.142. The summed E-state index contributed by atoms with van der Waals surface area (Å²) in [5.41, 5.74) is 3.27. The number of nitrogens with one attached hydrogen (secondary N) is 1. The highest BCUT2D eigenvalue weighted by Crippen LogP contribution is 2.31. The number of amides is 2. The number of carbonyl (C=O) groups excluding carboxylic acids is 2. The van der Waals surface area contributed by atoms with Crippen molar-refractivity contribution in [3.05, 3.63) is 63.6 Å². The van der Waals surface area contributed by atoms with Crippen molar-refractivity contribution in [2.45, 2.75) is 59.0 Å². The fourth-order valence-electron chi connectivity index (χ4n) is 3.36. The highest BCUT2D eigenvalue weighted by molar-refractivity contribution is 9.10. The first-order chi connectivity index (χ1) is 14.6. The van der Waals surface area contributed by atoms with Crippen LogP contribution < -0.4 is 10.1 Å². The summed E-state index contributed by atoms with van der Waals surface area (Å²) in [7, 11) is 1.59.